The van der Waals surface area contributed by atoms with Crippen LogP contribution in [0.15, 0.2) is 24.3 Å². The summed E-state index contributed by atoms with van der Waals surface area (Å²) in [6.07, 6.45) is 0. The fourth-order valence-corrected chi connectivity index (χ4v) is 1.20. The molecule has 15 heavy (non-hydrogen) atoms. The molecule has 2 aromatic rings. The van der Waals surface area contributed by atoms with Crippen LogP contribution in [0.2, 0.25) is 0 Å². The van der Waals surface area contributed by atoms with Gasteiger partial charge < -0.3 is 10.2 Å². The van der Waals surface area contributed by atoms with Crippen LogP contribution in [-0.2, 0) is 0 Å². The molecule has 0 amide bonds. The Balaban J connectivity index is 2.49. The maximum Gasteiger partial charge on any atom is 0.356 e. The lowest BCUT2D eigenvalue weighted by Crippen LogP contribution is -1.99. The number of hydrogen-bond acceptors (Lipinski definition) is 4. The minimum atomic E-state index is -1.12. The molecular weight excluding hydrogens is 198 g/mol. The lowest BCUT2D eigenvalue weighted by atomic mass is 10.1. The molecule has 0 aliphatic rings. The number of nitrogens with one attached hydrogen (secondary N) is 1. The molecule has 6 heteroatoms. The molecule has 0 spiro atoms. The number of nitrogens with zero attached hydrogens (tertiary/aromatic N) is 2. The maximum atomic E-state index is 10.8. The Morgan fingerprint density at radius 2 is 1.93 bits per heavy atom. The molecule has 0 atom stereocenters. The van der Waals surface area contributed by atoms with E-state index in [9.17, 15) is 4.79 Å². The minimum Gasteiger partial charge on any atom is -0.508 e. The number of rotatable bonds is 2. The van der Waals surface area contributed by atoms with Gasteiger partial charge in [0.2, 0.25) is 0 Å². The number of aromatic amines is 1. The van der Waals surface area contributed by atoms with Crippen molar-refractivity contribution in [3.8, 4) is 17.0 Å². The van der Waals surface area contributed by atoms with Crippen LogP contribution in [0.4, 0.5) is 0 Å². The van der Waals surface area contributed by atoms with Crippen molar-refractivity contribution in [3.05, 3.63) is 30.0 Å². The quantitative estimate of drug-likeness (QED) is 0.675. The highest BCUT2D eigenvalue weighted by atomic mass is 16.4. The van der Waals surface area contributed by atoms with Crippen LogP contribution in [0.25, 0.3) is 11.3 Å². The molecule has 2 rings (SSSR count). The number of aromatic carboxylic acids is 1. The second-order valence-electron chi connectivity index (χ2n) is 2.89. The van der Waals surface area contributed by atoms with Gasteiger partial charge >= 0.3 is 5.97 Å². The predicted octanol–water partition coefficient (Wildman–Crippen LogP) is 0.875. The number of carbonyl (C=O) groups is 1. The third-order valence-corrected chi connectivity index (χ3v) is 1.90. The first-order chi connectivity index (χ1) is 7.18. The molecule has 6 nitrogen and oxygen atoms in total. The Kier molecular flexibility index (Phi) is 2.09. The van der Waals surface area contributed by atoms with E-state index >= 15 is 0 Å². The molecule has 0 aliphatic carbocycles. The molecule has 3 N–H and O–H groups in total. The topological polar surface area (TPSA) is 99.1 Å². The lowest BCUT2D eigenvalue weighted by Gasteiger charge is -1.97. The number of hydrogen-bond donors (Lipinski definition) is 3. The molecule has 0 bridgehead atoms. The van der Waals surface area contributed by atoms with Crippen LogP contribution in [0.3, 0.4) is 0 Å². The number of phenolic OH excluding ortho intramolecular Hbond substituents is 1. The van der Waals surface area contributed by atoms with Crippen molar-refractivity contribution >= 4 is 5.97 Å². The minimum absolute atomic E-state index is 0.0688. The normalized spacial score (nSPS) is 10.1. The van der Waals surface area contributed by atoms with Gasteiger partial charge in [-0.3, -0.25) is 5.10 Å². The Hall–Kier alpha value is -2.37. The molecule has 1 aromatic heterocycles. The summed E-state index contributed by atoms with van der Waals surface area (Å²) in [7, 11) is 0. The van der Waals surface area contributed by atoms with E-state index in [1.54, 1.807) is 12.1 Å². The number of H-pyrrole nitrogens is 1. The highest BCUT2D eigenvalue weighted by Gasteiger charge is 2.15. The predicted molar refractivity (Wildman–Crippen MR) is 50.4 cm³/mol. The Labute approximate surface area is 84.2 Å². The van der Waals surface area contributed by atoms with E-state index < -0.39 is 5.97 Å². The fourth-order valence-electron chi connectivity index (χ4n) is 1.20. The summed E-state index contributed by atoms with van der Waals surface area (Å²) in [5.41, 5.74) is 0.766. The third kappa shape index (κ3) is 1.64. The van der Waals surface area contributed by atoms with Crippen LogP contribution in [-0.4, -0.2) is 31.6 Å². The van der Waals surface area contributed by atoms with Crippen molar-refractivity contribution in [1.29, 1.82) is 0 Å². The van der Waals surface area contributed by atoms with Gasteiger partial charge in [-0.25, -0.2) is 4.79 Å². The van der Waals surface area contributed by atoms with Crippen molar-refractivity contribution in [2.75, 3.05) is 0 Å². The van der Waals surface area contributed by atoms with E-state index in [1.807, 2.05) is 0 Å². The first-order valence-corrected chi connectivity index (χ1v) is 4.12. The third-order valence-electron chi connectivity index (χ3n) is 1.90. The lowest BCUT2D eigenvalue weighted by molar-refractivity contribution is 0.0691. The van der Waals surface area contributed by atoms with E-state index in [-0.39, 0.29) is 17.1 Å². The van der Waals surface area contributed by atoms with Crippen molar-refractivity contribution in [3.63, 3.8) is 0 Å². The summed E-state index contributed by atoms with van der Waals surface area (Å²) in [5.74, 6) is -1.01. The molecule has 1 heterocycles. The van der Waals surface area contributed by atoms with E-state index in [1.165, 1.54) is 12.1 Å². The van der Waals surface area contributed by atoms with E-state index in [0.29, 0.717) is 5.56 Å². The van der Waals surface area contributed by atoms with Crippen LogP contribution in [0.5, 0.6) is 5.75 Å². The summed E-state index contributed by atoms with van der Waals surface area (Å²) >= 11 is 0. The van der Waals surface area contributed by atoms with E-state index in [0.717, 1.165) is 0 Å². The van der Waals surface area contributed by atoms with Crippen molar-refractivity contribution in [2.24, 2.45) is 0 Å². The second kappa shape index (κ2) is 3.41. The summed E-state index contributed by atoms with van der Waals surface area (Å²) in [6.45, 7) is 0. The monoisotopic (exact) mass is 205 g/mol. The number of aromatic nitrogens is 3. The zero-order valence-corrected chi connectivity index (χ0v) is 7.51. The van der Waals surface area contributed by atoms with E-state index in [2.05, 4.69) is 15.4 Å². The molecular formula is C9H7N3O3. The number of carboxylic acids is 1. The maximum absolute atomic E-state index is 10.8. The van der Waals surface area contributed by atoms with Gasteiger partial charge in [-0.15, -0.1) is 5.10 Å². The number of carboxylic acid groups (broad SMARTS) is 1. The SMILES string of the molecule is O=C(O)c1[nH]nnc1-c1ccc(O)cc1. The summed E-state index contributed by atoms with van der Waals surface area (Å²) < 4.78 is 0. The molecule has 0 saturated heterocycles. The first kappa shape index (κ1) is 9.20. The smallest absolute Gasteiger partial charge is 0.356 e. The zero-order valence-electron chi connectivity index (χ0n) is 7.51. The molecule has 76 valence electrons. The fraction of sp³-hybridized carbons (Fsp3) is 0. The number of benzene rings is 1. The zero-order chi connectivity index (χ0) is 10.8. The van der Waals surface area contributed by atoms with Crippen molar-refractivity contribution in [2.45, 2.75) is 0 Å². The van der Waals surface area contributed by atoms with Gasteiger partial charge in [0.1, 0.15) is 11.4 Å². The van der Waals surface area contributed by atoms with Gasteiger partial charge in [0, 0.05) is 5.56 Å². The molecule has 0 fully saturated rings. The Morgan fingerprint density at radius 1 is 1.27 bits per heavy atom. The van der Waals surface area contributed by atoms with Crippen LogP contribution < -0.4 is 0 Å². The molecule has 1 aromatic carbocycles. The molecule has 0 radical (unpaired) electrons. The molecule has 0 unspecified atom stereocenters. The van der Waals surface area contributed by atoms with Crippen LogP contribution in [0, 0.1) is 0 Å². The highest BCUT2D eigenvalue weighted by molar-refractivity contribution is 5.92. The van der Waals surface area contributed by atoms with Crippen molar-refractivity contribution < 1.29 is 15.0 Å². The first-order valence-electron chi connectivity index (χ1n) is 4.12. The highest BCUT2D eigenvalue weighted by Crippen LogP contribution is 2.21. The van der Waals surface area contributed by atoms with Gasteiger partial charge in [0.25, 0.3) is 0 Å². The molecule has 0 saturated carbocycles. The van der Waals surface area contributed by atoms with Gasteiger partial charge in [-0.05, 0) is 24.3 Å². The van der Waals surface area contributed by atoms with Gasteiger partial charge in [-0.1, -0.05) is 5.21 Å². The number of aromatic hydroxyl groups is 1. The van der Waals surface area contributed by atoms with Gasteiger partial charge in [0.05, 0.1) is 0 Å². The largest absolute Gasteiger partial charge is 0.508 e. The van der Waals surface area contributed by atoms with Crippen LogP contribution >= 0.6 is 0 Å². The van der Waals surface area contributed by atoms with Gasteiger partial charge in [0.15, 0.2) is 5.69 Å². The van der Waals surface area contributed by atoms with E-state index in [4.69, 9.17) is 10.2 Å². The van der Waals surface area contributed by atoms with Crippen LogP contribution in [0.1, 0.15) is 10.5 Å². The standard InChI is InChI=1S/C9H7N3O3/c13-6-3-1-5(2-4-6)7-8(9(14)15)11-12-10-7/h1-4,13H,(H,14,15)(H,10,11,12). The second-order valence-corrected chi connectivity index (χ2v) is 2.89. The average molecular weight is 205 g/mol. The van der Waals surface area contributed by atoms with Crippen molar-refractivity contribution in [1.82, 2.24) is 15.4 Å². The average Bonchev–Trinajstić information content (AvgIpc) is 2.67. The molecule has 0 aliphatic heterocycles. The summed E-state index contributed by atoms with van der Waals surface area (Å²) in [6, 6.07) is 6.05. The Bertz CT molecular complexity index is 490. The Morgan fingerprint density at radius 3 is 2.53 bits per heavy atom. The summed E-state index contributed by atoms with van der Waals surface area (Å²) in [4.78, 5) is 10.8. The van der Waals surface area contributed by atoms with Gasteiger partial charge in [-0.2, -0.15) is 0 Å². The summed E-state index contributed by atoms with van der Waals surface area (Å²) in [5, 5.41) is 27.3. The number of phenols is 1.